The van der Waals surface area contributed by atoms with Crippen molar-refractivity contribution in [3.05, 3.63) is 33.7 Å². The Hall–Kier alpha value is -2.09. The molecule has 1 aliphatic carbocycles. The predicted octanol–water partition coefficient (Wildman–Crippen LogP) is 4.08. The van der Waals surface area contributed by atoms with Gasteiger partial charge in [0.15, 0.2) is 9.92 Å². The Kier molecular flexibility index (Phi) is 5.93. The summed E-state index contributed by atoms with van der Waals surface area (Å²) in [5, 5.41) is 18.3. The number of carbonyl (C=O) groups excluding carboxylic acids is 1. The molecule has 0 spiro atoms. The second kappa shape index (κ2) is 7.80. The summed E-state index contributed by atoms with van der Waals surface area (Å²) in [5.74, 6) is -0.194. The molecule has 0 saturated heterocycles. The minimum absolute atomic E-state index is 0.0351. The van der Waals surface area contributed by atoms with Gasteiger partial charge in [0.1, 0.15) is 20.5 Å². The Morgan fingerprint density at radius 1 is 1.42 bits per heavy atom. The van der Waals surface area contributed by atoms with E-state index >= 15 is 0 Å². The molecule has 170 valence electrons. The summed E-state index contributed by atoms with van der Waals surface area (Å²) in [4.78, 5) is 20.2. The summed E-state index contributed by atoms with van der Waals surface area (Å²) in [6.07, 6.45) is -2.51. The third-order valence-electron chi connectivity index (χ3n) is 4.88. The molecule has 2 aromatic rings. The van der Waals surface area contributed by atoms with E-state index in [9.17, 15) is 27.3 Å². The Balaban J connectivity index is 2.00. The van der Waals surface area contributed by atoms with E-state index in [-0.39, 0.29) is 32.1 Å². The van der Waals surface area contributed by atoms with Crippen LogP contribution < -0.4 is 10.5 Å². The van der Waals surface area contributed by atoms with Crippen molar-refractivity contribution < 1.29 is 27.3 Å². The summed E-state index contributed by atoms with van der Waals surface area (Å²) in [5.41, 5.74) is -1.88. The van der Waals surface area contributed by atoms with Gasteiger partial charge in [-0.1, -0.05) is 6.92 Å². The highest BCUT2D eigenvalue weighted by atomic mass is 32.2. The third kappa shape index (κ3) is 4.73. The molecule has 2 amide bonds. The van der Waals surface area contributed by atoms with Gasteiger partial charge in [-0.2, -0.15) is 13.2 Å². The fourth-order valence-corrected chi connectivity index (χ4v) is 5.39. The summed E-state index contributed by atoms with van der Waals surface area (Å²) >= 11 is 0.830. The maximum Gasteiger partial charge on any atom is 0.433 e. The number of hydrogen-bond acceptors (Lipinski definition) is 6. The lowest BCUT2D eigenvalue weighted by atomic mass is 10.0. The van der Waals surface area contributed by atoms with Crippen LogP contribution in [0.5, 0.6) is 0 Å². The quantitative estimate of drug-likeness (QED) is 0.613. The van der Waals surface area contributed by atoms with Crippen LogP contribution in [0.4, 0.5) is 23.7 Å². The van der Waals surface area contributed by atoms with E-state index in [2.05, 4.69) is 19.6 Å². The Morgan fingerprint density at radius 3 is 2.61 bits per heavy atom. The lowest BCUT2D eigenvalue weighted by molar-refractivity contribution is -0.141. The molecule has 0 aliphatic heterocycles. The second-order valence-electron chi connectivity index (χ2n) is 7.90. The highest BCUT2D eigenvalue weighted by molar-refractivity contribution is 7.93. The van der Waals surface area contributed by atoms with Crippen molar-refractivity contribution in [1.82, 2.24) is 9.97 Å². The number of fused-ring (bicyclic) bond motifs is 1. The van der Waals surface area contributed by atoms with Crippen molar-refractivity contribution in [2.24, 2.45) is 9.50 Å². The van der Waals surface area contributed by atoms with Crippen molar-refractivity contribution in [2.45, 2.75) is 62.4 Å². The largest absolute Gasteiger partial charge is 0.433 e. The molecule has 0 saturated carbocycles. The van der Waals surface area contributed by atoms with Crippen LogP contribution >= 0.6 is 11.3 Å². The Morgan fingerprint density at radius 2 is 2.06 bits per heavy atom. The highest BCUT2D eigenvalue weighted by Crippen LogP contribution is 2.42. The number of nitrogens with two attached hydrogens (primary N) is 1. The molecular formula is C18H22F3N5O3S2. The number of aliphatic hydroxyl groups is 1. The number of hydrogen-bond donors (Lipinski definition) is 3. The molecule has 0 radical (unpaired) electrons. The standard InChI is InChI=1S/C18H22F3N5O3S2/c1-8-5-6-10-12(8)24-14(18(19,20)21)9(2)13(10)25-16(27)26-31(22,29)11-7-23-15(30-11)17(3,4)28/h7-8,28H,5-6H2,1-4H3,(H3,22,24,25,26,27,29)/t8?,31-/m0/s1. The molecule has 8 nitrogen and oxygen atoms in total. The number of urea groups is 1. The summed E-state index contributed by atoms with van der Waals surface area (Å²) in [7, 11) is -3.73. The first kappa shape index (κ1) is 23.6. The van der Waals surface area contributed by atoms with Crippen LogP contribution in [0.15, 0.2) is 14.8 Å². The molecule has 2 aromatic heterocycles. The number of alkyl halides is 3. The molecule has 0 bridgehead atoms. The maximum atomic E-state index is 13.5. The van der Waals surface area contributed by atoms with Gasteiger partial charge in [-0.25, -0.2) is 24.1 Å². The number of nitrogens with one attached hydrogen (secondary N) is 1. The van der Waals surface area contributed by atoms with Crippen molar-refractivity contribution in [3.8, 4) is 0 Å². The average Bonchev–Trinajstić information content (AvgIpc) is 3.23. The van der Waals surface area contributed by atoms with Crippen molar-refractivity contribution in [3.63, 3.8) is 0 Å². The maximum absolute atomic E-state index is 13.5. The van der Waals surface area contributed by atoms with Crippen molar-refractivity contribution in [1.29, 1.82) is 0 Å². The monoisotopic (exact) mass is 477 g/mol. The number of anilines is 1. The van der Waals surface area contributed by atoms with E-state index in [0.717, 1.165) is 17.5 Å². The van der Waals surface area contributed by atoms with Crippen LogP contribution in [-0.4, -0.2) is 25.3 Å². The Labute approximate surface area is 181 Å². The van der Waals surface area contributed by atoms with Crippen LogP contribution in [0, 0.1) is 6.92 Å². The number of carbonyl (C=O) groups is 1. The first-order valence-electron chi connectivity index (χ1n) is 9.26. The minimum atomic E-state index is -4.70. The molecule has 13 heteroatoms. The zero-order valence-corrected chi connectivity index (χ0v) is 18.8. The van der Waals surface area contributed by atoms with E-state index in [0.29, 0.717) is 18.4 Å². The van der Waals surface area contributed by atoms with Crippen molar-refractivity contribution in [2.75, 3.05) is 5.32 Å². The van der Waals surface area contributed by atoms with Crippen LogP contribution in [0.1, 0.15) is 60.6 Å². The van der Waals surface area contributed by atoms with Crippen LogP contribution in [-0.2, 0) is 28.1 Å². The van der Waals surface area contributed by atoms with Gasteiger partial charge in [0.25, 0.3) is 0 Å². The molecule has 0 fully saturated rings. The summed E-state index contributed by atoms with van der Waals surface area (Å²) in [6, 6.07) is -1.14. The highest BCUT2D eigenvalue weighted by Gasteiger charge is 2.39. The number of halogens is 3. The molecule has 2 heterocycles. The third-order valence-corrected chi connectivity index (χ3v) is 8.07. The molecule has 4 N–H and O–H groups in total. The molecule has 3 rings (SSSR count). The van der Waals surface area contributed by atoms with Crippen molar-refractivity contribution >= 4 is 33.0 Å². The van der Waals surface area contributed by atoms with Gasteiger partial charge >= 0.3 is 12.2 Å². The second-order valence-corrected chi connectivity index (χ2v) is 10.9. The van der Waals surface area contributed by atoms with E-state index < -0.39 is 33.4 Å². The van der Waals surface area contributed by atoms with Gasteiger partial charge in [-0.15, -0.1) is 15.7 Å². The normalized spacial score (nSPS) is 18.4. The van der Waals surface area contributed by atoms with Crippen LogP contribution in [0.25, 0.3) is 0 Å². The van der Waals surface area contributed by atoms with E-state index in [4.69, 9.17) is 5.14 Å². The zero-order valence-electron chi connectivity index (χ0n) is 17.2. The molecule has 1 unspecified atom stereocenters. The van der Waals surface area contributed by atoms with Gasteiger partial charge in [0.2, 0.25) is 0 Å². The number of pyridine rings is 1. The first-order valence-corrected chi connectivity index (χ1v) is 11.7. The molecule has 2 atom stereocenters. The average molecular weight is 478 g/mol. The number of nitrogens with zero attached hydrogens (tertiary/aromatic N) is 3. The van der Waals surface area contributed by atoms with Crippen LogP contribution in [0.2, 0.25) is 0 Å². The van der Waals surface area contributed by atoms with Gasteiger partial charge in [0.05, 0.1) is 11.9 Å². The summed E-state index contributed by atoms with van der Waals surface area (Å²) < 4.78 is 56.6. The Bertz CT molecular complexity index is 1160. The van der Waals surface area contributed by atoms with Gasteiger partial charge < -0.3 is 10.4 Å². The minimum Gasteiger partial charge on any atom is -0.383 e. The predicted molar refractivity (Wildman–Crippen MR) is 110 cm³/mol. The van der Waals surface area contributed by atoms with E-state index in [1.165, 1.54) is 20.8 Å². The van der Waals surface area contributed by atoms with E-state index in [1.807, 2.05) is 0 Å². The summed E-state index contributed by atoms with van der Waals surface area (Å²) in [6.45, 7) is 5.93. The first-order chi connectivity index (χ1) is 14.1. The molecule has 1 aliphatic rings. The van der Waals surface area contributed by atoms with E-state index in [1.54, 1.807) is 6.92 Å². The van der Waals surface area contributed by atoms with Gasteiger partial charge in [-0.05, 0) is 45.1 Å². The number of aromatic nitrogens is 2. The SMILES string of the molecule is Cc1c(C(F)(F)F)nc2c(c1NC(=O)N=[S@](N)(=O)c1cnc(C(C)(C)O)s1)CCC2C. The fourth-order valence-electron chi connectivity index (χ4n) is 3.32. The zero-order chi connectivity index (χ0) is 23.4. The lowest BCUT2D eigenvalue weighted by Gasteiger charge is -2.18. The number of amides is 2. The smallest absolute Gasteiger partial charge is 0.383 e. The van der Waals surface area contributed by atoms with Crippen LogP contribution in [0.3, 0.4) is 0 Å². The molecule has 0 aromatic carbocycles. The topological polar surface area (TPSA) is 131 Å². The number of thiazole rings is 1. The molecule has 31 heavy (non-hydrogen) atoms. The fraction of sp³-hybridized carbons (Fsp3) is 0.500. The van der Waals surface area contributed by atoms with Gasteiger partial charge in [0, 0.05) is 11.3 Å². The molecular weight excluding hydrogens is 455 g/mol. The van der Waals surface area contributed by atoms with Gasteiger partial charge in [-0.3, -0.25) is 0 Å². The lowest BCUT2D eigenvalue weighted by Crippen LogP contribution is -2.20. The number of rotatable bonds is 3.